The molecule has 1 N–H and O–H groups in total. The summed E-state index contributed by atoms with van der Waals surface area (Å²) in [4.78, 5) is 2.25. The molecule has 2 heteroatoms. The minimum Gasteiger partial charge on any atom is -0.396 e. The van der Waals surface area contributed by atoms with Gasteiger partial charge < -0.3 is 10.0 Å². The Morgan fingerprint density at radius 2 is 2.15 bits per heavy atom. The van der Waals surface area contributed by atoms with Gasteiger partial charge in [-0.05, 0) is 39.8 Å². The highest BCUT2D eigenvalue weighted by atomic mass is 16.3. The van der Waals surface area contributed by atoms with E-state index in [1.54, 1.807) is 0 Å². The second kappa shape index (κ2) is 5.40. The van der Waals surface area contributed by atoms with E-state index >= 15 is 0 Å². The van der Waals surface area contributed by atoms with E-state index in [4.69, 9.17) is 0 Å². The van der Waals surface area contributed by atoms with Crippen LogP contribution >= 0.6 is 0 Å². The van der Waals surface area contributed by atoms with Gasteiger partial charge in [-0.15, -0.1) is 0 Å². The van der Waals surface area contributed by atoms with Crippen LogP contribution in [0.1, 0.15) is 25.7 Å². The lowest BCUT2D eigenvalue weighted by atomic mass is 9.89. The molecule has 0 bridgehead atoms. The van der Waals surface area contributed by atoms with Gasteiger partial charge in [0.1, 0.15) is 0 Å². The molecule has 0 spiro atoms. The molecule has 0 heterocycles. The summed E-state index contributed by atoms with van der Waals surface area (Å²) in [5, 5.41) is 9.27. The smallest absolute Gasteiger partial charge is 0.0477 e. The fourth-order valence-corrected chi connectivity index (χ4v) is 2.10. The molecule has 76 valence electrons. The lowest BCUT2D eigenvalue weighted by Gasteiger charge is -2.31. The Kier molecular flexibility index (Phi) is 4.46. The van der Waals surface area contributed by atoms with Gasteiger partial charge in [0.2, 0.25) is 0 Å². The SMILES string of the molecule is CN(C)C1CCC/C=C\CC1CO. The van der Waals surface area contributed by atoms with Crippen LogP contribution in [0.2, 0.25) is 0 Å². The molecule has 2 atom stereocenters. The van der Waals surface area contributed by atoms with Gasteiger partial charge in [0, 0.05) is 18.6 Å². The van der Waals surface area contributed by atoms with Crippen molar-refractivity contribution in [3.05, 3.63) is 12.2 Å². The second-order valence-electron chi connectivity index (χ2n) is 4.11. The third-order valence-electron chi connectivity index (χ3n) is 2.92. The number of rotatable bonds is 2. The lowest BCUT2D eigenvalue weighted by molar-refractivity contribution is 0.125. The average molecular weight is 183 g/mol. The van der Waals surface area contributed by atoms with Crippen LogP contribution in [-0.2, 0) is 0 Å². The summed E-state index contributed by atoms with van der Waals surface area (Å²) >= 11 is 0. The molecule has 0 radical (unpaired) electrons. The standard InChI is InChI=1S/C11H21NO/c1-12(2)11-8-6-4-3-5-7-10(11)9-13/h3,5,10-11,13H,4,6-9H2,1-2H3/b5-3-. The van der Waals surface area contributed by atoms with Crippen molar-refractivity contribution in [3.63, 3.8) is 0 Å². The molecule has 13 heavy (non-hydrogen) atoms. The molecule has 0 aromatic heterocycles. The summed E-state index contributed by atoms with van der Waals surface area (Å²) in [6.07, 6.45) is 9.14. The molecule has 1 aliphatic carbocycles. The van der Waals surface area contributed by atoms with Gasteiger partial charge in [-0.25, -0.2) is 0 Å². The van der Waals surface area contributed by atoms with Crippen LogP contribution in [0, 0.1) is 5.92 Å². The highest BCUT2D eigenvalue weighted by Crippen LogP contribution is 2.21. The molecule has 0 fully saturated rings. The van der Waals surface area contributed by atoms with Crippen molar-refractivity contribution in [2.75, 3.05) is 20.7 Å². The number of hydrogen-bond acceptors (Lipinski definition) is 2. The van der Waals surface area contributed by atoms with Gasteiger partial charge in [-0.3, -0.25) is 0 Å². The largest absolute Gasteiger partial charge is 0.396 e. The van der Waals surface area contributed by atoms with Crippen molar-refractivity contribution in [2.24, 2.45) is 5.92 Å². The van der Waals surface area contributed by atoms with Crippen LogP contribution < -0.4 is 0 Å². The summed E-state index contributed by atoms with van der Waals surface area (Å²) in [5.41, 5.74) is 0. The Labute approximate surface area is 81.2 Å². The topological polar surface area (TPSA) is 23.5 Å². The number of aliphatic hydroxyl groups excluding tert-OH is 1. The first-order chi connectivity index (χ1) is 6.25. The van der Waals surface area contributed by atoms with Gasteiger partial charge in [0.15, 0.2) is 0 Å². The van der Waals surface area contributed by atoms with Crippen LogP contribution in [0.3, 0.4) is 0 Å². The van der Waals surface area contributed by atoms with E-state index in [-0.39, 0.29) is 0 Å². The zero-order chi connectivity index (χ0) is 9.68. The third-order valence-corrected chi connectivity index (χ3v) is 2.92. The van der Waals surface area contributed by atoms with Gasteiger partial charge in [0.25, 0.3) is 0 Å². The van der Waals surface area contributed by atoms with Crippen LogP contribution in [0.15, 0.2) is 12.2 Å². The van der Waals surface area contributed by atoms with E-state index in [9.17, 15) is 5.11 Å². The zero-order valence-electron chi connectivity index (χ0n) is 8.74. The van der Waals surface area contributed by atoms with Crippen LogP contribution in [0.5, 0.6) is 0 Å². The van der Waals surface area contributed by atoms with Crippen molar-refractivity contribution < 1.29 is 5.11 Å². The molecule has 0 saturated carbocycles. The van der Waals surface area contributed by atoms with E-state index in [1.807, 2.05) is 0 Å². The number of nitrogens with zero attached hydrogens (tertiary/aromatic N) is 1. The van der Waals surface area contributed by atoms with Crippen LogP contribution in [-0.4, -0.2) is 36.8 Å². The molecule has 0 aromatic rings. The van der Waals surface area contributed by atoms with E-state index in [1.165, 1.54) is 19.3 Å². The van der Waals surface area contributed by atoms with Gasteiger partial charge in [0.05, 0.1) is 0 Å². The summed E-state index contributed by atoms with van der Waals surface area (Å²) in [6.45, 7) is 0.313. The Bertz CT molecular complexity index is 165. The summed E-state index contributed by atoms with van der Waals surface area (Å²) in [6, 6.07) is 0.551. The molecule has 1 aliphatic rings. The molecule has 1 rings (SSSR count). The minimum atomic E-state index is 0.313. The summed E-state index contributed by atoms with van der Waals surface area (Å²) in [7, 11) is 4.22. The van der Waals surface area contributed by atoms with Crippen molar-refractivity contribution in [2.45, 2.75) is 31.7 Å². The highest BCUT2D eigenvalue weighted by molar-refractivity contribution is 4.91. The Balaban J connectivity index is 2.59. The quantitative estimate of drug-likeness (QED) is 0.658. The van der Waals surface area contributed by atoms with Crippen molar-refractivity contribution in [1.29, 1.82) is 0 Å². The summed E-state index contributed by atoms with van der Waals surface area (Å²) < 4.78 is 0. The molecule has 0 saturated heterocycles. The maximum atomic E-state index is 9.27. The first kappa shape index (κ1) is 10.7. The zero-order valence-corrected chi connectivity index (χ0v) is 8.74. The predicted octanol–water partition coefficient (Wildman–Crippen LogP) is 1.66. The Hall–Kier alpha value is -0.340. The van der Waals surface area contributed by atoms with Gasteiger partial charge in [-0.2, -0.15) is 0 Å². The Morgan fingerprint density at radius 1 is 1.38 bits per heavy atom. The third kappa shape index (κ3) is 3.12. The van der Waals surface area contributed by atoms with Gasteiger partial charge >= 0.3 is 0 Å². The van der Waals surface area contributed by atoms with E-state index < -0.39 is 0 Å². The molecule has 0 amide bonds. The molecule has 0 aromatic carbocycles. The number of allylic oxidation sites excluding steroid dienone is 2. The maximum Gasteiger partial charge on any atom is 0.0477 e. The van der Waals surface area contributed by atoms with Crippen molar-refractivity contribution >= 4 is 0 Å². The second-order valence-corrected chi connectivity index (χ2v) is 4.11. The maximum absolute atomic E-state index is 9.27. The first-order valence-electron chi connectivity index (χ1n) is 5.18. The van der Waals surface area contributed by atoms with Crippen LogP contribution in [0.4, 0.5) is 0 Å². The molecule has 2 nitrogen and oxygen atoms in total. The Morgan fingerprint density at radius 3 is 2.77 bits per heavy atom. The normalized spacial score (nSPS) is 32.6. The highest BCUT2D eigenvalue weighted by Gasteiger charge is 2.21. The predicted molar refractivity (Wildman–Crippen MR) is 55.7 cm³/mol. The summed E-state index contributed by atoms with van der Waals surface area (Å²) in [5.74, 6) is 0.423. The number of aliphatic hydroxyl groups is 1. The monoisotopic (exact) mass is 183 g/mol. The molecule has 0 aliphatic heterocycles. The fraction of sp³-hybridized carbons (Fsp3) is 0.818. The number of hydrogen-bond donors (Lipinski definition) is 1. The van der Waals surface area contributed by atoms with Gasteiger partial charge in [-0.1, -0.05) is 12.2 Å². The fourth-order valence-electron chi connectivity index (χ4n) is 2.10. The first-order valence-corrected chi connectivity index (χ1v) is 5.18. The van der Waals surface area contributed by atoms with E-state index in [2.05, 4.69) is 31.1 Å². The van der Waals surface area contributed by atoms with E-state index in [0.717, 1.165) is 6.42 Å². The molecule has 2 unspecified atom stereocenters. The molecular formula is C11H21NO. The van der Waals surface area contributed by atoms with Crippen LogP contribution in [0.25, 0.3) is 0 Å². The van der Waals surface area contributed by atoms with Crippen molar-refractivity contribution in [1.82, 2.24) is 4.90 Å². The minimum absolute atomic E-state index is 0.313. The van der Waals surface area contributed by atoms with E-state index in [0.29, 0.717) is 18.6 Å². The van der Waals surface area contributed by atoms with Crippen molar-refractivity contribution in [3.8, 4) is 0 Å². The lowest BCUT2D eigenvalue weighted by Crippen LogP contribution is -2.37. The average Bonchev–Trinajstić information content (AvgIpc) is 2.03. The molecular weight excluding hydrogens is 162 g/mol.